The molecule has 21 heavy (non-hydrogen) atoms. The summed E-state index contributed by atoms with van der Waals surface area (Å²) in [5, 5.41) is 2.85. The van der Waals surface area contributed by atoms with Crippen LogP contribution < -0.4 is 10.2 Å². The normalized spacial score (nSPS) is 24.0. The highest BCUT2D eigenvalue weighted by Crippen LogP contribution is 2.31. The summed E-state index contributed by atoms with van der Waals surface area (Å²) >= 11 is 3.51. The van der Waals surface area contributed by atoms with Crippen molar-refractivity contribution < 1.29 is 9.59 Å². The Labute approximate surface area is 134 Å². The van der Waals surface area contributed by atoms with Gasteiger partial charge in [-0.15, -0.1) is 0 Å². The van der Waals surface area contributed by atoms with Crippen LogP contribution in [0.2, 0.25) is 0 Å². The van der Waals surface area contributed by atoms with Crippen LogP contribution in [0.4, 0.5) is 5.69 Å². The van der Waals surface area contributed by atoms with Crippen molar-refractivity contribution >= 4 is 33.4 Å². The van der Waals surface area contributed by atoms with Gasteiger partial charge in [-0.05, 0) is 53.4 Å². The minimum Gasteiger partial charge on any atom is -0.342 e. The zero-order chi connectivity index (χ0) is 15.7. The van der Waals surface area contributed by atoms with Crippen molar-refractivity contribution in [1.29, 1.82) is 0 Å². The molecule has 1 saturated heterocycles. The van der Waals surface area contributed by atoms with E-state index in [0.717, 1.165) is 22.1 Å². The summed E-state index contributed by atoms with van der Waals surface area (Å²) < 4.78 is 0.834. The monoisotopic (exact) mass is 352 g/mol. The lowest BCUT2D eigenvalue weighted by atomic mass is 9.94. The van der Waals surface area contributed by atoms with E-state index in [4.69, 9.17) is 0 Å². The van der Waals surface area contributed by atoms with Crippen LogP contribution in [0, 0.1) is 12.8 Å². The smallest absolute Gasteiger partial charge is 0.250 e. The van der Waals surface area contributed by atoms with Crippen molar-refractivity contribution in [2.24, 2.45) is 5.92 Å². The summed E-state index contributed by atoms with van der Waals surface area (Å²) in [6.07, 6.45) is 0.841. The number of nitrogens with zero attached hydrogens (tertiary/aromatic N) is 1. The molecule has 0 saturated carbocycles. The molecule has 1 fully saturated rings. The lowest BCUT2D eigenvalue weighted by Gasteiger charge is -2.39. The first-order valence-electron chi connectivity index (χ1n) is 7.26. The van der Waals surface area contributed by atoms with Gasteiger partial charge in [-0.3, -0.25) is 14.5 Å². The summed E-state index contributed by atoms with van der Waals surface area (Å²) in [6, 6.07) is 4.84. The summed E-state index contributed by atoms with van der Waals surface area (Å²) in [4.78, 5) is 26.6. The van der Waals surface area contributed by atoms with Gasteiger partial charge in [-0.2, -0.15) is 0 Å². The Kier molecular flexibility index (Phi) is 4.71. The summed E-state index contributed by atoms with van der Waals surface area (Å²) in [6.45, 7) is 7.76. The molecule has 0 aliphatic carbocycles. The third-order valence-corrected chi connectivity index (χ3v) is 4.78. The third kappa shape index (κ3) is 2.98. The van der Waals surface area contributed by atoms with Crippen molar-refractivity contribution in [3.05, 3.63) is 28.2 Å². The maximum atomic E-state index is 12.8. The number of aryl methyl sites for hydroxylation is 1. The van der Waals surface area contributed by atoms with Crippen molar-refractivity contribution in [2.45, 2.75) is 46.2 Å². The molecule has 0 radical (unpaired) electrons. The Hall–Kier alpha value is -1.36. The van der Waals surface area contributed by atoms with Crippen LogP contribution in [0.1, 0.15) is 32.8 Å². The van der Waals surface area contributed by atoms with Crippen molar-refractivity contribution in [2.75, 3.05) is 4.90 Å². The second-order valence-electron chi connectivity index (χ2n) is 5.71. The quantitative estimate of drug-likeness (QED) is 0.908. The van der Waals surface area contributed by atoms with Crippen LogP contribution >= 0.6 is 15.9 Å². The predicted octanol–water partition coefficient (Wildman–Crippen LogP) is 3.02. The van der Waals surface area contributed by atoms with Crippen LogP contribution in [0.5, 0.6) is 0 Å². The van der Waals surface area contributed by atoms with Crippen LogP contribution in [0.3, 0.4) is 0 Å². The number of benzene rings is 1. The zero-order valence-corrected chi connectivity index (χ0v) is 14.4. The highest BCUT2D eigenvalue weighted by Gasteiger charge is 2.41. The fourth-order valence-corrected chi connectivity index (χ4v) is 3.23. The molecule has 1 aliphatic rings. The highest BCUT2D eigenvalue weighted by molar-refractivity contribution is 9.10. The molecule has 1 aromatic carbocycles. The average molecular weight is 353 g/mol. The van der Waals surface area contributed by atoms with Gasteiger partial charge in [-0.1, -0.05) is 26.3 Å². The van der Waals surface area contributed by atoms with Crippen molar-refractivity contribution in [3.8, 4) is 0 Å². The Bertz CT molecular complexity index is 573. The van der Waals surface area contributed by atoms with Gasteiger partial charge in [0.2, 0.25) is 5.91 Å². The molecule has 1 aliphatic heterocycles. The molecule has 1 aromatic rings. The molecule has 1 heterocycles. The first-order valence-corrected chi connectivity index (χ1v) is 8.05. The second kappa shape index (κ2) is 6.18. The topological polar surface area (TPSA) is 49.4 Å². The number of nitrogens with one attached hydrogen (secondary N) is 1. The third-order valence-electron chi connectivity index (χ3n) is 4.14. The van der Waals surface area contributed by atoms with E-state index in [2.05, 4.69) is 21.2 Å². The fraction of sp³-hybridized carbons (Fsp3) is 0.500. The Morgan fingerprint density at radius 1 is 1.38 bits per heavy atom. The summed E-state index contributed by atoms with van der Waals surface area (Å²) in [5.74, 6) is -0.0333. The van der Waals surface area contributed by atoms with Gasteiger partial charge in [0.1, 0.15) is 12.1 Å². The molecule has 2 rings (SSSR count). The molecular weight excluding hydrogens is 332 g/mol. The van der Waals surface area contributed by atoms with E-state index in [1.54, 1.807) is 11.8 Å². The first kappa shape index (κ1) is 16.0. The average Bonchev–Trinajstić information content (AvgIpc) is 2.44. The van der Waals surface area contributed by atoms with Gasteiger partial charge in [0, 0.05) is 4.47 Å². The van der Waals surface area contributed by atoms with Crippen molar-refractivity contribution in [1.82, 2.24) is 5.32 Å². The number of anilines is 1. The van der Waals surface area contributed by atoms with E-state index < -0.39 is 12.1 Å². The fourth-order valence-electron chi connectivity index (χ4n) is 2.55. The molecule has 5 heteroatoms. The Morgan fingerprint density at radius 2 is 2.05 bits per heavy atom. The summed E-state index contributed by atoms with van der Waals surface area (Å²) in [7, 11) is 0. The molecule has 1 N–H and O–H groups in total. The lowest BCUT2D eigenvalue weighted by molar-refractivity contribution is -0.134. The molecule has 114 valence electrons. The van der Waals surface area contributed by atoms with Gasteiger partial charge in [-0.25, -0.2) is 0 Å². The van der Waals surface area contributed by atoms with Crippen molar-refractivity contribution in [3.63, 3.8) is 0 Å². The zero-order valence-electron chi connectivity index (χ0n) is 12.8. The second-order valence-corrected chi connectivity index (χ2v) is 6.57. The standard InChI is InChI=1S/C16H21BrN2O2/c1-5-10(3)14-16(21)19(11(4)15(20)18-14)13-7-6-9(2)8-12(13)17/h6-8,10-11,14H,5H2,1-4H3,(H,18,20). The number of carbonyl (C=O) groups is 2. The van der Waals surface area contributed by atoms with E-state index >= 15 is 0 Å². The van der Waals surface area contributed by atoms with E-state index in [1.165, 1.54) is 0 Å². The maximum Gasteiger partial charge on any atom is 0.250 e. The molecule has 0 spiro atoms. The van der Waals surface area contributed by atoms with E-state index in [0.29, 0.717) is 0 Å². The van der Waals surface area contributed by atoms with Crippen LogP contribution in [0.15, 0.2) is 22.7 Å². The number of carbonyl (C=O) groups excluding carboxylic acids is 2. The summed E-state index contributed by atoms with van der Waals surface area (Å²) in [5.41, 5.74) is 1.85. The van der Waals surface area contributed by atoms with Crippen LogP contribution in [0.25, 0.3) is 0 Å². The number of amides is 2. The van der Waals surface area contributed by atoms with Gasteiger partial charge in [0.25, 0.3) is 5.91 Å². The molecule has 2 amide bonds. The number of hydrogen-bond donors (Lipinski definition) is 1. The SMILES string of the molecule is CCC(C)C1NC(=O)C(C)N(c2ccc(C)cc2Br)C1=O. The van der Waals surface area contributed by atoms with Gasteiger partial charge in [0.05, 0.1) is 5.69 Å². The van der Waals surface area contributed by atoms with Gasteiger partial charge in [0.15, 0.2) is 0 Å². The number of piperazine rings is 1. The number of rotatable bonds is 3. The Balaban J connectivity index is 2.43. The van der Waals surface area contributed by atoms with Gasteiger partial charge >= 0.3 is 0 Å². The lowest BCUT2D eigenvalue weighted by Crippen LogP contribution is -2.64. The van der Waals surface area contributed by atoms with E-state index in [9.17, 15) is 9.59 Å². The largest absolute Gasteiger partial charge is 0.342 e. The molecule has 3 atom stereocenters. The molecule has 0 aromatic heterocycles. The highest BCUT2D eigenvalue weighted by atomic mass is 79.9. The van der Waals surface area contributed by atoms with Crippen LogP contribution in [-0.4, -0.2) is 23.9 Å². The molecular formula is C16H21BrN2O2. The molecule has 4 nitrogen and oxygen atoms in total. The number of hydrogen-bond acceptors (Lipinski definition) is 2. The Morgan fingerprint density at radius 3 is 2.62 bits per heavy atom. The molecule has 0 bridgehead atoms. The predicted molar refractivity (Wildman–Crippen MR) is 87.2 cm³/mol. The minimum atomic E-state index is -0.503. The maximum absolute atomic E-state index is 12.8. The van der Waals surface area contributed by atoms with Gasteiger partial charge < -0.3 is 5.32 Å². The minimum absolute atomic E-state index is 0.0407. The van der Waals surface area contributed by atoms with E-state index in [-0.39, 0.29) is 17.7 Å². The van der Waals surface area contributed by atoms with Crippen LogP contribution in [-0.2, 0) is 9.59 Å². The first-order chi connectivity index (χ1) is 9.86. The van der Waals surface area contributed by atoms with E-state index in [1.807, 2.05) is 39.0 Å². The number of halogens is 1. The molecule has 3 unspecified atom stereocenters.